The van der Waals surface area contributed by atoms with Crippen molar-refractivity contribution in [1.82, 2.24) is 0 Å². The lowest BCUT2D eigenvalue weighted by molar-refractivity contribution is -0.150. The van der Waals surface area contributed by atoms with E-state index in [-0.39, 0.29) is 11.9 Å². The molecule has 0 aliphatic carbocycles. The summed E-state index contributed by atoms with van der Waals surface area (Å²) in [6, 6.07) is 0. The molecule has 0 saturated heterocycles. The number of rotatable bonds is 11. The van der Waals surface area contributed by atoms with E-state index in [1.807, 2.05) is 6.92 Å². The Bertz CT molecular complexity index is 201. The summed E-state index contributed by atoms with van der Waals surface area (Å²) in [5.74, 6) is 0.678. The van der Waals surface area contributed by atoms with Crippen LogP contribution in [0.5, 0.6) is 0 Å². The average Bonchev–Trinajstić information content (AvgIpc) is 2.37. The third-order valence-corrected chi connectivity index (χ3v) is 3.71. The van der Waals surface area contributed by atoms with Crippen molar-refractivity contribution in [2.24, 2.45) is 11.8 Å². The molecule has 0 aromatic rings. The highest BCUT2D eigenvalue weighted by molar-refractivity contribution is 5.72. The summed E-state index contributed by atoms with van der Waals surface area (Å²) >= 11 is 0. The number of carbonyl (C=O) groups is 1. The summed E-state index contributed by atoms with van der Waals surface area (Å²) < 4.78 is 5.25. The Balaban J connectivity index is 4.34. The number of esters is 1. The molecule has 0 aromatic carbocycles. The highest BCUT2D eigenvalue weighted by Crippen LogP contribution is 2.27. The molecule has 18 heavy (non-hydrogen) atoms. The summed E-state index contributed by atoms with van der Waals surface area (Å²) in [6.45, 7) is 9.01. The summed E-state index contributed by atoms with van der Waals surface area (Å²) in [4.78, 5) is 12.1. The fraction of sp³-hybridized carbons (Fsp3) is 0.938. The Kier molecular flexibility index (Phi) is 11.2. The number of carbonyl (C=O) groups excluding carboxylic acids is 1. The first-order valence-electron chi connectivity index (χ1n) is 7.87. The molecule has 0 bridgehead atoms. The van der Waals surface area contributed by atoms with E-state index in [1.165, 1.54) is 19.3 Å². The van der Waals surface area contributed by atoms with E-state index >= 15 is 0 Å². The summed E-state index contributed by atoms with van der Waals surface area (Å²) in [7, 11) is 0. The highest BCUT2D eigenvalue weighted by Gasteiger charge is 2.27. The van der Waals surface area contributed by atoms with Crippen LogP contribution >= 0.6 is 0 Å². The molecule has 2 heteroatoms. The smallest absolute Gasteiger partial charge is 0.309 e. The van der Waals surface area contributed by atoms with E-state index in [1.54, 1.807) is 0 Å². The second-order valence-electron chi connectivity index (χ2n) is 5.16. The van der Waals surface area contributed by atoms with Gasteiger partial charge in [-0.15, -0.1) is 0 Å². The third kappa shape index (κ3) is 7.03. The fourth-order valence-electron chi connectivity index (χ4n) is 2.65. The molecule has 2 nitrogen and oxygen atoms in total. The molecule has 2 atom stereocenters. The minimum Gasteiger partial charge on any atom is -0.466 e. The molecule has 108 valence electrons. The molecule has 0 aliphatic heterocycles. The van der Waals surface area contributed by atoms with Gasteiger partial charge in [0.1, 0.15) is 0 Å². The van der Waals surface area contributed by atoms with E-state index in [0.29, 0.717) is 12.5 Å². The third-order valence-electron chi connectivity index (χ3n) is 3.71. The van der Waals surface area contributed by atoms with Crippen LogP contribution in [0, 0.1) is 11.8 Å². The van der Waals surface area contributed by atoms with Crippen LogP contribution in [-0.4, -0.2) is 12.6 Å². The quantitative estimate of drug-likeness (QED) is 0.385. The van der Waals surface area contributed by atoms with Crippen molar-refractivity contribution in [2.75, 3.05) is 6.61 Å². The molecular weight excluding hydrogens is 224 g/mol. The second kappa shape index (κ2) is 11.6. The lowest BCUT2D eigenvalue weighted by Crippen LogP contribution is -2.26. The zero-order valence-corrected chi connectivity index (χ0v) is 12.8. The minimum atomic E-state index is 0.0364. The van der Waals surface area contributed by atoms with E-state index in [9.17, 15) is 4.79 Å². The van der Waals surface area contributed by atoms with Crippen molar-refractivity contribution in [1.29, 1.82) is 0 Å². The minimum absolute atomic E-state index is 0.0364. The maximum atomic E-state index is 12.1. The van der Waals surface area contributed by atoms with Gasteiger partial charge in [-0.2, -0.15) is 0 Å². The van der Waals surface area contributed by atoms with Gasteiger partial charge < -0.3 is 4.74 Å². The normalized spacial score (nSPS) is 14.2. The van der Waals surface area contributed by atoms with Crippen molar-refractivity contribution in [3.63, 3.8) is 0 Å². The monoisotopic (exact) mass is 256 g/mol. The summed E-state index contributed by atoms with van der Waals surface area (Å²) in [6.07, 6.45) is 9.34. The molecule has 2 unspecified atom stereocenters. The van der Waals surface area contributed by atoms with Crippen LogP contribution in [0.4, 0.5) is 0 Å². The van der Waals surface area contributed by atoms with E-state index < -0.39 is 0 Å². The molecule has 0 heterocycles. The second-order valence-corrected chi connectivity index (χ2v) is 5.16. The summed E-state index contributed by atoms with van der Waals surface area (Å²) in [5.41, 5.74) is 0. The van der Waals surface area contributed by atoms with E-state index in [0.717, 1.165) is 32.1 Å². The van der Waals surface area contributed by atoms with Crippen molar-refractivity contribution < 1.29 is 9.53 Å². The van der Waals surface area contributed by atoms with Gasteiger partial charge in [0.15, 0.2) is 0 Å². The molecule has 0 fully saturated rings. The molecule has 0 aliphatic rings. The first kappa shape index (κ1) is 17.5. The predicted octanol–water partition coefficient (Wildman–Crippen LogP) is 4.96. The SMILES string of the molecule is CCCCCCC(C(=O)OCC)C(CC)CCC. The maximum absolute atomic E-state index is 12.1. The van der Waals surface area contributed by atoms with E-state index in [4.69, 9.17) is 4.74 Å². The van der Waals surface area contributed by atoms with Gasteiger partial charge >= 0.3 is 5.97 Å². The fourth-order valence-corrected chi connectivity index (χ4v) is 2.65. The molecule has 0 saturated carbocycles. The lowest BCUT2D eigenvalue weighted by atomic mass is 9.83. The number of hydrogen-bond acceptors (Lipinski definition) is 2. The van der Waals surface area contributed by atoms with Gasteiger partial charge in [0, 0.05) is 0 Å². The molecule has 0 amide bonds. The number of hydrogen-bond donors (Lipinski definition) is 0. The van der Waals surface area contributed by atoms with Crippen LogP contribution in [0.25, 0.3) is 0 Å². The highest BCUT2D eigenvalue weighted by atomic mass is 16.5. The van der Waals surface area contributed by atoms with Gasteiger partial charge in [-0.05, 0) is 25.7 Å². The molecule has 0 aromatic heterocycles. The zero-order valence-electron chi connectivity index (χ0n) is 12.8. The van der Waals surface area contributed by atoms with Crippen LogP contribution < -0.4 is 0 Å². The lowest BCUT2D eigenvalue weighted by Gasteiger charge is -2.24. The molecule has 0 spiro atoms. The Morgan fingerprint density at radius 3 is 2.17 bits per heavy atom. The van der Waals surface area contributed by atoms with Gasteiger partial charge in [-0.3, -0.25) is 4.79 Å². The van der Waals surface area contributed by atoms with Gasteiger partial charge in [-0.1, -0.05) is 59.3 Å². The van der Waals surface area contributed by atoms with Crippen molar-refractivity contribution in [2.45, 2.75) is 79.1 Å². The van der Waals surface area contributed by atoms with Crippen molar-refractivity contribution >= 4 is 5.97 Å². The first-order chi connectivity index (χ1) is 8.71. The Hall–Kier alpha value is -0.530. The van der Waals surface area contributed by atoms with Crippen LogP contribution in [0.1, 0.15) is 79.1 Å². The predicted molar refractivity (Wildman–Crippen MR) is 77.6 cm³/mol. The first-order valence-corrected chi connectivity index (χ1v) is 7.87. The number of unbranched alkanes of at least 4 members (excludes halogenated alkanes) is 3. The van der Waals surface area contributed by atoms with Gasteiger partial charge in [0.05, 0.1) is 12.5 Å². The average molecular weight is 256 g/mol. The van der Waals surface area contributed by atoms with Crippen LogP contribution in [0.2, 0.25) is 0 Å². The largest absolute Gasteiger partial charge is 0.466 e. The van der Waals surface area contributed by atoms with Gasteiger partial charge in [0.2, 0.25) is 0 Å². The molecule has 0 N–H and O–H groups in total. The zero-order chi connectivity index (χ0) is 13.8. The molecule has 0 rings (SSSR count). The van der Waals surface area contributed by atoms with Crippen LogP contribution in [-0.2, 0) is 9.53 Å². The Morgan fingerprint density at radius 2 is 1.67 bits per heavy atom. The van der Waals surface area contributed by atoms with Gasteiger partial charge in [0.25, 0.3) is 0 Å². The molecule has 0 radical (unpaired) electrons. The van der Waals surface area contributed by atoms with Crippen LogP contribution in [0.3, 0.4) is 0 Å². The molecular formula is C16H32O2. The summed E-state index contributed by atoms with van der Waals surface area (Å²) in [5, 5.41) is 0. The number of ether oxygens (including phenoxy) is 1. The van der Waals surface area contributed by atoms with Crippen LogP contribution in [0.15, 0.2) is 0 Å². The van der Waals surface area contributed by atoms with E-state index in [2.05, 4.69) is 20.8 Å². The topological polar surface area (TPSA) is 26.3 Å². The van der Waals surface area contributed by atoms with Crippen molar-refractivity contribution in [3.05, 3.63) is 0 Å². The Labute approximate surface area is 113 Å². The standard InChI is InChI=1S/C16H32O2/c1-5-9-10-11-13-15(16(17)18-8-4)14(7-3)12-6-2/h14-15H,5-13H2,1-4H3. The van der Waals surface area contributed by atoms with Crippen molar-refractivity contribution in [3.8, 4) is 0 Å². The van der Waals surface area contributed by atoms with Gasteiger partial charge in [-0.25, -0.2) is 0 Å². The maximum Gasteiger partial charge on any atom is 0.309 e. The Morgan fingerprint density at radius 1 is 0.944 bits per heavy atom.